The van der Waals surface area contributed by atoms with Crippen LogP contribution in [0.3, 0.4) is 0 Å². The van der Waals surface area contributed by atoms with Gasteiger partial charge >= 0.3 is 6.26 Å². The van der Waals surface area contributed by atoms with Crippen molar-refractivity contribution < 1.29 is 0 Å². The Kier molecular flexibility index (Phi) is 5.62. The van der Waals surface area contributed by atoms with Gasteiger partial charge in [-0.3, -0.25) is 0 Å². The van der Waals surface area contributed by atoms with E-state index in [4.69, 9.17) is 11.5 Å². The van der Waals surface area contributed by atoms with Crippen LogP contribution in [0.2, 0.25) is 64.9 Å². The quantitative estimate of drug-likeness (QED) is 0.672. The molecule has 0 N–H and O–H groups in total. The molecule has 0 bridgehead atoms. The van der Waals surface area contributed by atoms with E-state index in [0.29, 0.717) is 0 Å². The first-order valence-corrected chi connectivity index (χ1v) is 17.2. The second kappa shape index (κ2) is 5.30. The van der Waals surface area contributed by atoms with E-state index in [9.17, 15) is 0 Å². The van der Waals surface area contributed by atoms with Crippen LogP contribution < -0.4 is 0 Å². The van der Waals surface area contributed by atoms with Crippen molar-refractivity contribution in [3.05, 3.63) is 0 Å². The Morgan fingerprint density at radius 1 is 0.812 bits per heavy atom. The first-order chi connectivity index (χ1) is 6.75. The van der Waals surface area contributed by atoms with Gasteiger partial charge in [0, 0.05) is 8.07 Å². The van der Waals surface area contributed by atoms with E-state index in [1.807, 2.05) is 0 Å². The molecule has 0 atom stereocenters. The zero-order valence-corrected chi connectivity index (χ0v) is 16.4. The molecule has 1 nitrogen and oxygen atoms in total. The van der Waals surface area contributed by atoms with Crippen LogP contribution in [-0.4, -0.2) is 34.9 Å². The van der Waals surface area contributed by atoms with Gasteiger partial charge in [0.1, 0.15) is 16.5 Å². The summed E-state index contributed by atoms with van der Waals surface area (Å²) in [4.78, 5) is 0. The molecule has 0 radical (unpaired) electrons. The molecular formula is C10H29BClNSi3. The molecule has 0 amide bonds. The number of halogens is 1. The second-order valence-corrected chi connectivity index (χ2v) is 24.0. The SMILES string of the molecule is C[Si](C)(C)CB(Cl)N([Si](C)(C)C)[Si](C)(C)C. The fraction of sp³-hybridized carbons (Fsp3) is 1.00. The molecule has 0 unspecified atom stereocenters. The minimum absolute atomic E-state index is 0.269. The second-order valence-electron chi connectivity index (χ2n) is 7.91. The fourth-order valence-electron chi connectivity index (χ4n) is 2.44. The van der Waals surface area contributed by atoms with Crippen LogP contribution in [0.4, 0.5) is 0 Å². The highest BCUT2D eigenvalue weighted by Gasteiger charge is 2.41. The molecule has 6 heteroatoms. The lowest BCUT2D eigenvalue weighted by molar-refractivity contribution is 0.941. The van der Waals surface area contributed by atoms with Crippen molar-refractivity contribution in [2.45, 2.75) is 64.9 Å². The van der Waals surface area contributed by atoms with Crippen LogP contribution in [0.5, 0.6) is 0 Å². The van der Waals surface area contributed by atoms with Gasteiger partial charge in [-0.15, -0.1) is 0 Å². The van der Waals surface area contributed by atoms with E-state index >= 15 is 0 Å². The highest BCUT2D eigenvalue weighted by molar-refractivity contribution is 7.19. The minimum Gasteiger partial charge on any atom is -0.374 e. The van der Waals surface area contributed by atoms with Gasteiger partial charge in [-0.2, -0.15) is 11.5 Å². The Morgan fingerprint density at radius 2 is 1.12 bits per heavy atom. The first-order valence-electron chi connectivity index (χ1n) is 6.19. The van der Waals surface area contributed by atoms with E-state index in [1.165, 1.54) is 5.94 Å². The van der Waals surface area contributed by atoms with Gasteiger partial charge in [0.15, 0.2) is 0 Å². The lowest BCUT2D eigenvalue weighted by atomic mass is 10.0. The third-order valence-electron chi connectivity index (χ3n) is 2.51. The minimum atomic E-state index is -1.30. The third-order valence-corrected chi connectivity index (χ3v) is 12.6. The summed E-state index contributed by atoms with van der Waals surface area (Å²) in [5.41, 5.74) is 0. The lowest BCUT2D eigenvalue weighted by Gasteiger charge is -2.46. The predicted molar refractivity (Wildman–Crippen MR) is 88.3 cm³/mol. The van der Waals surface area contributed by atoms with Gasteiger partial charge in [-0.1, -0.05) is 58.9 Å². The molecule has 0 saturated heterocycles. The van der Waals surface area contributed by atoms with E-state index < -0.39 is 24.5 Å². The molecule has 0 aliphatic heterocycles. The number of rotatable bonds is 5. The molecule has 0 saturated carbocycles. The van der Waals surface area contributed by atoms with Gasteiger partial charge in [0.2, 0.25) is 0 Å². The molecule has 0 spiro atoms. The van der Waals surface area contributed by atoms with Gasteiger partial charge in [0.05, 0.1) is 0 Å². The third kappa shape index (κ3) is 6.05. The van der Waals surface area contributed by atoms with E-state index in [1.54, 1.807) is 0 Å². The Balaban J connectivity index is 4.94. The van der Waals surface area contributed by atoms with Crippen LogP contribution in [0.25, 0.3) is 0 Å². The lowest BCUT2D eigenvalue weighted by Crippen LogP contribution is -2.64. The van der Waals surface area contributed by atoms with Gasteiger partial charge < -0.3 is 4.14 Å². The number of hydrogen-bond acceptors (Lipinski definition) is 1. The van der Waals surface area contributed by atoms with E-state index in [0.717, 1.165) is 0 Å². The standard InChI is InChI=1S/C10H29BClNSi3/c1-14(2,3)10-11(12)13(15(4,5)6)16(7,8)9/h10H2,1-9H3. The predicted octanol–water partition coefficient (Wildman–Crippen LogP) is 4.56. The summed E-state index contributed by atoms with van der Waals surface area (Å²) in [5, 5.41) is 0. The molecule has 0 aromatic carbocycles. The normalized spacial score (nSPS) is 14.4. The molecule has 0 heterocycles. The molecular weight excluding hydrogens is 265 g/mol. The zero-order valence-electron chi connectivity index (χ0n) is 12.6. The van der Waals surface area contributed by atoms with Crippen LogP contribution in [0.15, 0.2) is 0 Å². The highest BCUT2D eigenvalue weighted by Crippen LogP contribution is 2.27. The molecule has 0 fully saturated rings. The van der Waals surface area contributed by atoms with Crippen molar-refractivity contribution in [1.29, 1.82) is 0 Å². The smallest absolute Gasteiger partial charge is 0.315 e. The Hall–Kier alpha value is 0.966. The van der Waals surface area contributed by atoms with Crippen molar-refractivity contribution in [2.75, 3.05) is 0 Å². The average Bonchev–Trinajstić information content (AvgIpc) is 1.70. The maximum atomic E-state index is 6.73. The maximum Gasteiger partial charge on any atom is 0.315 e. The Labute approximate surface area is 111 Å². The summed E-state index contributed by atoms with van der Waals surface area (Å²) in [6.07, 6.45) is 0.269. The van der Waals surface area contributed by atoms with Gasteiger partial charge in [0.25, 0.3) is 0 Å². The van der Waals surface area contributed by atoms with Crippen LogP contribution in [0, 0.1) is 0 Å². The van der Waals surface area contributed by atoms with Crippen LogP contribution in [-0.2, 0) is 0 Å². The van der Waals surface area contributed by atoms with Gasteiger partial charge in [-0.05, 0) is 5.94 Å². The van der Waals surface area contributed by atoms with Crippen molar-refractivity contribution in [3.8, 4) is 0 Å². The largest absolute Gasteiger partial charge is 0.374 e. The maximum absolute atomic E-state index is 6.73. The van der Waals surface area contributed by atoms with Crippen LogP contribution in [0.1, 0.15) is 0 Å². The Bertz CT molecular complexity index is 216. The molecule has 0 rings (SSSR count). The molecule has 96 valence electrons. The van der Waals surface area contributed by atoms with Crippen LogP contribution >= 0.6 is 11.5 Å². The topological polar surface area (TPSA) is 3.24 Å². The zero-order chi connectivity index (χ0) is 13.4. The molecule has 0 aliphatic rings. The Morgan fingerprint density at radius 3 is 1.31 bits per heavy atom. The number of hydrogen-bond donors (Lipinski definition) is 0. The fourth-order valence-corrected chi connectivity index (χ4v) is 17.1. The molecule has 0 aromatic rings. The molecule has 0 aliphatic carbocycles. The summed E-state index contributed by atoms with van der Waals surface area (Å²) in [6.45, 7) is 21.8. The first kappa shape index (κ1) is 17.0. The number of nitrogens with zero attached hydrogens (tertiary/aromatic N) is 1. The van der Waals surface area contributed by atoms with Crippen molar-refractivity contribution >= 4 is 42.3 Å². The van der Waals surface area contributed by atoms with Crippen molar-refractivity contribution in [2.24, 2.45) is 0 Å². The highest BCUT2D eigenvalue weighted by atomic mass is 35.5. The summed E-state index contributed by atoms with van der Waals surface area (Å²) in [6, 6.07) is 0. The molecule has 0 aromatic heterocycles. The van der Waals surface area contributed by atoms with E-state index in [-0.39, 0.29) is 6.26 Å². The summed E-state index contributed by atoms with van der Waals surface area (Å²) in [5.74, 6) is 1.21. The van der Waals surface area contributed by atoms with Crippen molar-refractivity contribution in [1.82, 2.24) is 4.14 Å². The monoisotopic (exact) mass is 293 g/mol. The average molecular weight is 294 g/mol. The summed E-state index contributed by atoms with van der Waals surface area (Å²) in [7, 11) is -3.67. The van der Waals surface area contributed by atoms with Crippen molar-refractivity contribution in [3.63, 3.8) is 0 Å². The summed E-state index contributed by atoms with van der Waals surface area (Å²) < 4.78 is 2.72. The summed E-state index contributed by atoms with van der Waals surface area (Å²) >= 11 is 6.73. The van der Waals surface area contributed by atoms with E-state index in [2.05, 4.69) is 63.1 Å². The van der Waals surface area contributed by atoms with Gasteiger partial charge in [-0.25, -0.2) is 0 Å². The molecule has 16 heavy (non-hydrogen) atoms.